The molecule has 120 valence electrons. The Hall–Kier alpha value is -1.76. The minimum absolute atomic E-state index is 0.137. The van der Waals surface area contributed by atoms with Crippen molar-refractivity contribution in [1.29, 1.82) is 0 Å². The van der Waals surface area contributed by atoms with E-state index in [0.29, 0.717) is 34.5 Å². The Morgan fingerprint density at radius 2 is 1.91 bits per heavy atom. The third-order valence-corrected chi connectivity index (χ3v) is 4.33. The van der Waals surface area contributed by atoms with Crippen molar-refractivity contribution in [2.24, 2.45) is 0 Å². The van der Waals surface area contributed by atoms with Crippen molar-refractivity contribution in [2.75, 3.05) is 20.8 Å². The maximum Gasteiger partial charge on any atom is 0.252 e. The highest BCUT2D eigenvalue weighted by Gasteiger charge is 2.24. The molecule has 1 aliphatic rings. The average molecular weight is 371 g/mol. The van der Waals surface area contributed by atoms with Crippen LogP contribution in [0.25, 0.3) is 0 Å². The molecule has 1 unspecified atom stereocenters. The predicted molar refractivity (Wildman–Crippen MR) is 85.4 cm³/mol. The molecule has 1 heterocycles. The van der Waals surface area contributed by atoms with E-state index in [0.717, 1.165) is 12.8 Å². The molecule has 1 fully saturated rings. The average Bonchev–Trinajstić information content (AvgIpc) is 2.72. The summed E-state index contributed by atoms with van der Waals surface area (Å²) in [6.07, 6.45) is 2.47. The molecule has 0 radical (unpaired) electrons. The van der Waals surface area contributed by atoms with Crippen molar-refractivity contribution in [3.05, 3.63) is 22.2 Å². The van der Waals surface area contributed by atoms with Crippen molar-refractivity contribution in [1.82, 2.24) is 10.6 Å². The summed E-state index contributed by atoms with van der Waals surface area (Å²) in [7, 11) is 3.03. The number of carbonyl (C=O) groups is 2. The SMILES string of the molecule is COc1cc(C(=O)NC2CCCCNC2=O)cc(OC)c1Br. The second kappa shape index (κ2) is 7.49. The smallest absolute Gasteiger partial charge is 0.252 e. The van der Waals surface area contributed by atoms with Crippen LogP contribution in [0.1, 0.15) is 29.6 Å². The van der Waals surface area contributed by atoms with Crippen LogP contribution in [0.5, 0.6) is 11.5 Å². The number of methoxy groups -OCH3 is 2. The number of carbonyl (C=O) groups excluding carboxylic acids is 2. The molecule has 0 spiro atoms. The van der Waals surface area contributed by atoms with Crippen molar-refractivity contribution < 1.29 is 19.1 Å². The van der Waals surface area contributed by atoms with Crippen LogP contribution in [0.3, 0.4) is 0 Å². The third kappa shape index (κ3) is 3.71. The van der Waals surface area contributed by atoms with Gasteiger partial charge in [-0.3, -0.25) is 9.59 Å². The van der Waals surface area contributed by atoms with E-state index < -0.39 is 6.04 Å². The lowest BCUT2D eigenvalue weighted by Gasteiger charge is -2.16. The van der Waals surface area contributed by atoms with E-state index >= 15 is 0 Å². The van der Waals surface area contributed by atoms with E-state index in [9.17, 15) is 9.59 Å². The fraction of sp³-hybridized carbons (Fsp3) is 0.467. The largest absolute Gasteiger partial charge is 0.495 e. The molecular formula is C15H19BrN2O4. The number of ether oxygens (including phenoxy) is 2. The molecule has 1 aromatic rings. The maximum absolute atomic E-state index is 12.4. The fourth-order valence-corrected chi connectivity index (χ4v) is 2.87. The van der Waals surface area contributed by atoms with Gasteiger partial charge < -0.3 is 20.1 Å². The van der Waals surface area contributed by atoms with Crippen LogP contribution in [0, 0.1) is 0 Å². The van der Waals surface area contributed by atoms with E-state index in [-0.39, 0.29) is 11.8 Å². The lowest BCUT2D eigenvalue weighted by Crippen LogP contribution is -2.45. The van der Waals surface area contributed by atoms with Gasteiger partial charge in [0.25, 0.3) is 5.91 Å². The van der Waals surface area contributed by atoms with Crippen molar-refractivity contribution >= 4 is 27.7 Å². The standard InChI is InChI=1S/C15H19BrN2O4/c1-21-11-7-9(8-12(22-2)13(11)16)14(19)18-10-5-3-4-6-17-15(10)20/h7-8,10H,3-6H2,1-2H3,(H,17,20)(H,18,19). The Balaban J connectivity index is 2.20. The monoisotopic (exact) mass is 370 g/mol. The summed E-state index contributed by atoms with van der Waals surface area (Å²) >= 11 is 3.36. The summed E-state index contributed by atoms with van der Waals surface area (Å²) in [5.74, 6) is 0.526. The van der Waals surface area contributed by atoms with Gasteiger partial charge in [-0.25, -0.2) is 0 Å². The number of nitrogens with one attached hydrogen (secondary N) is 2. The van der Waals surface area contributed by atoms with Gasteiger partial charge in [-0.15, -0.1) is 0 Å². The molecule has 2 amide bonds. The van der Waals surface area contributed by atoms with Crippen molar-refractivity contribution in [2.45, 2.75) is 25.3 Å². The number of amides is 2. The first-order chi connectivity index (χ1) is 10.6. The first-order valence-corrected chi connectivity index (χ1v) is 7.86. The van der Waals surface area contributed by atoms with Gasteiger partial charge in [0.05, 0.1) is 14.2 Å². The molecule has 0 aliphatic carbocycles. The molecule has 1 atom stereocenters. The van der Waals surface area contributed by atoms with Crippen LogP contribution in [-0.4, -0.2) is 38.6 Å². The fourth-order valence-electron chi connectivity index (χ4n) is 2.32. The molecule has 2 N–H and O–H groups in total. The van der Waals surface area contributed by atoms with Crippen LogP contribution in [0.2, 0.25) is 0 Å². The van der Waals surface area contributed by atoms with Crippen molar-refractivity contribution in [3.63, 3.8) is 0 Å². The van der Waals surface area contributed by atoms with Gasteiger partial charge >= 0.3 is 0 Å². The lowest BCUT2D eigenvalue weighted by molar-refractivity contribution is -0.122. The summed E-state index contributed by atoms with van der Waals surface area (Å²) in [6.45, 7) is 0.658. The van der Waals surface area contributed by atoms with Crippen LogP contribution in [0.15, 0.2) is 16.6 Å². The molecule has 1 aromatic carbocycles. The number of hydrogen-bond donors (Lipinski definition) is 2. The lowest BCUT2D eigenvalue weighted by atomic mass is 10.1. The first kappa shape index (κ1) is 16.6. The van der Waals surface area contributed by atoms with E-state index in [1.165, 1.54) is 14.2 Å². The number of benzene rings is 1. The quantitative estimate of drug-likeness (QED) is 0.847. The van der Waals surface area contributed by atoms with Gasteiger partial charge in [-0.2, -0.15) is 0 Å². The summed E-state index contributed by atoms with van der Waals surface area (Å²) in [5, 5.41) is 5.56. The Bertz CT molecular complexity index is 552. The Morgan fingerprint density at radius 3 is 2.50 bits per heavy atom. The molecule has 0 saturated carbocycles. The molecule has 0 aromatic heterocycles. The zero-order valence-corrected chi connectivity index (χ0v) is 14.2. The van der Waals surface area contributed by atoms with Gasteiger partial charge in [0, 0.05) is 12.1 Å². The van der Waals surface area contributed by atoms with E-state index in [2.05, 4.69) is 26.6 Å². The third-order valence-electron chi connectivity index (χ3n) is 3.55. The number of rotatable bonds is 4. The Kier molecular flexibility index (Phi) is 5.65. The van der Waals surface area contributed by atoms with E-state index in [1.807, 2.05) is 0 Å². The van der Waals surface area contributed by atoms with E-state index in [1.54, 1.807) is 12.1 Å². The molecule has 2 rings (SSSR count). The van der Waals surface area contributed by atoms with Gasteiger partial charge in [-0.1, -0.05) is 0 Å². The normalized spacial score (nSPS) is 18.1. The molecule has 6 nitrogen and oxygen atoms in total. The van der Waals surface area contributed by atoms with Crippen molar-refractivity contribution in [3.8, 4) is 11.5 Å². The van der Waals surface area contributed by atoms with Gasteiger partial charge in [0.15, 0.2) is 0 Å². The van der Waals surface area contributed by atoms with Crippen LogP contribution < -0.4 is 20.1 Å². The zero-order valence-electron chi connectivity index (χ0n) is 12.6. The molecule has 7 heteroatoms. The molecule has 1 aliphatic heterocycles. The minimum atomic E-state index is -0.504. The highest BCUT2D eigenvalue weighted by atomic mass is 79.9. The molecular weight excluding hydrogens is 352 g/mol. The maximum atomic E-state index is 12.4. The highest BCUT2D eigenvalue weighted by molar-refractivity contribution is 9.10. The van der Waals surface area contributed by atoms with E-state index in [4.69, 9.17) is 9.47 Å². The van der Waals surface area contributed by atoms with Gasteiger partial charge in [-0.05, 0) is 47.3 Å². The summed E-state index contributed by atoms with van der Waals surface area (Å²) in [4.78, 5) is 24.3. The topological polar surface area (TPSA) is 76.7 Å². The zero-order chi connectivity index (χ0) is 16.1. The summed E-state index contributed by atoms with van der Waals surface area (Å²) < 4.78 is 11.1. The number of hydrogen-bond acceptors (Lipinski definition) is 4. The summed E-state index contributed by atoms with van der Waals surface area (Å²) in [5.41, 5.74) is 0.383. The van der Waals surface area contributed by atoms with Crippen LogP contribution >= 0.6 is 15.9 Å². The highest BCUT2D eigenvalue weighted by Crippen LogP contribution is 2.35. The second-order valence-electron chi connectivity index (χ2n) is 5.01. The Morgan fingerprint density at radius 1 is 1.27 bits per heavy atom. The van der Waals surface area contributed by atoms with Crippen LogP contribution in [0.4, 0.5) is 0 Å². The molecule has 0 bridgehead atoms. The summed E-state index contributed by atoms with van der Waals surface area (Å²) in [6, 6.07) is 2.71. The minimum Gasteiger partial charge on any atom is -0.495 e. The first-order valence-electron chi connectivity index (χ1n) is 7.07. The Labute approximate surface area is 137 Å². The van der Waals surface area contributed by atoms with Gasteiger partial charge in [0.1, 0.15) is 22.0 Å². The molecule has 1 saturated heterocycles. The molecule has 22 heavy (non-hydrogen) atoms. The second-order valence-corrected chi connectivity index (χ2v) is 5.80. The van der Waals surface area contributed by atoms with Gasteiger partial charge in [0.2, 0.25) is 5.91 Å². The van der Waals surface area contributed by atoms with Crippen LogP contribution in [-0.2, 0) is 4.79 Å². The predicted octanol–water partition coefficient (Wildman–Crippen LogP) is 1.86. The number of halogens is 1.